The summed E-state index contributed by atoms with van der Waals surface area (Å²) in [5.74, 6) is 0.464. The molecule has 6 heteroatoms. The van der Waals surface area contributed by atoms with Crippen molar-refractivity contribution < 1.29 is 18.9 Å². The number of rotatable bonds is 5. The van der Waals surface area contributed by atoms with E-state index in [4.69, 9.17) is 4.42 Å². The van der Waals surface area contributed by atoms with Gasteiger partial charge in [-0.25, -0.2) is 4.79 Å². The summed E-state index contributed by atoms with van der Waals surface area (Å²) in [6, 6.07) is 8.84. The number of likely N-dealkylation sites (N-methyl/N-ethyl adjacent to an activating group) is 1. The lowest BCUT2D eigenvalue weighted by atomic mass is 10.1. The number of aryl methyl sites for hydroxylation is 2. The lowest BCUT2D eigenvalue weighted by Crippen LogP contribution is -3.08. The Morgan fingerprint density at radius 2 is 2.00 bits per heavy atom. The summed E-state index contributed by atoms with van der Waals surface area (Å²) >= 11 is 0. The molecule has 1 heterocycles. The van der Waals surface area contributed by atoms with E-state index in [2.05, 4.69) is 10.6 Å². The summed E-state index contributed by atoms with van der Waals surface area (Å²) in [7, 11) is 1.87. The molecule has 1 aromatic heterocycles. The highest BCUT2D eigenvalue weighted by Gasteiger charge is 2.15. The van der Waals surface area contributed by atoms with Crippen LogP contribution in [0, 0.1) is 13.8 Å². The number of furan rings is 1. The molecule has 2 rings (SSSR count). The van der Waals surface area contributed by atoms with E-state index >= 15 is 0 Å². The number of carbonyl (C=O) groups excluding carboxylic acids is 2. The smallest absolute Gasteiger partial charge is 0.326 e. The number of amides is 3. The largest absolute Gasteiger partial charge is 0.463 e. The Labute approximate surface area is 135 Å². The van der Waals surface area contributed by atoms with Gasteiger partial charge in [-0.05, 0) is 37.6 Å². The standard InChI is InChI=1S/C17H21N3O3/c1-12-6-7-15(13(2)9-12)18-17(22)19-16(21)11-20(3)10-14-5-4-8-23-14/h4-9H,10-11H2,1-3H3,(H2,18,19,21,22)/p+1. The number of hydrogen-bond donors (Lipinski definition) is 3. The van der Waals surface area contributed by atoms with Gasteiger partial charge < -0.3 is 14.6 Å². The monoisotopic (exact) mass is 316 g/mol. The average molecular weight is 316 g/mol. The van der Waals surface area contributed by atoms with E-state index in [1.165, 1.54) is 0 Å². The van der Waals surface area contributed by atoms with E-state index in [-0.39, 0.29) is 12.5 Å². The summed E-state index contributed by atoms with van der Waals surface area (Å²) in [6.45, 7) is 4.66. The maximum absolute atomic E-state index is 11.9. The molecule has 1 atom stereocenters. The van der Waals surface area contributed by atoms with Crippen LogP contribution >= 0.6 is 0 Å². The normalized spacial score (nSPS) is 11.8. The molecule has 2 aromatic rings. The summed E-state index contributed by atoms with van der Waals surface area (Å²) in [5.41, 5.74) is 2.76. The number of quaternary nitrogens is 1. The number of imide groups is 1. The van der Waals surface area contributed by atoms with Gasteiger partial charge in [0, 0.05) is 5.69 Å². The van der Waals surface area contributed by atoms with Crippen molar-refractivity contribution in [1.29, 1.82) is 0 Å². The lowest BCUT2D eigenvalue weighted by Gasteiger charge is -2.13. The highest BCUT2D eigenvalue weighted by Crippen LogP contribution is 2.15. The highest BCUT2D eigenvalue weighted by molar-refractivity contribution is 6.01. The second-order valence-corrected chi connectivity index (χ2v) is 5.71. The van der Waals surface area contributed by atoms with Gasteiger partial charge in [-0.2, -0.15) is 0 Å². The van der Waals surface area contributed by atoms with Crippen LogP contribution in [0.3, 0.4) is 0 Å². The topological polar surface area (TPSA) is 75.8 Å². The SMILES string of the molecule is Cc1ccc(NC(=O)NC(=O)C[NH+](C)Cc2ccco2)c(C)c1. The number of nitrogens with one attached hydrogen (secondary N) is 3. The van der Waals surface area contributed by atoms with Crippen LogP contribution in [0.2, 0.25) is 0 Å². The molecule has 122 valence electrons. The summed E-state index contributed by atoms with van der Waals surface area (Å²) in [6.07, 6.45) is 1.60. The second kappa shape index (κ2) is 7.60. The molecule has 0 saturated carbocycles. The molecule has 0 spiro atoms. The molecule has 3 N–H and O–H groups in total. The van der Waals surface area contributed by atoms with E-state index in [0.29, 0.717) is 12.2 Å². The van der Waals surface area contributed by atoms with E-state index < -0.39 is 6.03 Å². The Bertz CT molecular complexity index is 680. The molecule has 0 bridgehead atoms. The predicted octanol–water partition coefficient (Wildman–Crippen LogP) is 1.26. The van der Waals surface area contributed by atoms with Crippen LogP contribution in [-0.4, -0.2) is 25.5 Å². The Morgan fingerprint density at radius 1 is 1.22 bits per heavy atom. The van der Waals surface area contributed by atoms with E-state index in [9.17, 15) is 9.59 Å². The van der Waals surface area contributed by atoms with Crippen molar-refractivity contribution in [3.63, 3.8) is 0 Å². The fourth-order valence-electron chi connectivity index (χ4n) is 2.33. The number of anilines is 1. The predicted molar refractivity (Wildman–Crippen MR) is 87.2 cm³/mol. The Balaban J connectivity index is 1.81. The zero-order valence-corrected chi connectivity index (χ0v) is 13.6. The van der Waals surface area contributed by atoms with Crippen LogP contribution in [0.15, 0.2) is 41.0 Å². The van der Waals surface area contributed by atoms with Crippen molar-refractivity contribution in [2.45, 2.75) is 20.4 Å². The first-order chi connectivity index (χ1) is 10.9. The summed E-state index contributed by atoms with van der Waals surface area (Å²) in [4.78, 5) is 24.7. The van der Waals surface area contributed by atoms with Crippen molar-refractivity contribution in [2.24, 2.45) is 0 Å². The van der Waals surface area contributed by atoms with Crippen molar-refractivity contribution in [3.05, 3.63) is 53.5 Å². The molecule has 0 aliphatic heterocycles. The van der Waals surface area contributed by atoms with Crippen LogP contribution < -0.4 is 15.5 Å². The van der Waals surface area contributed by atoms with Gasteiger partial charge in [0.2, 0.25) is 0 Å². The number of hydrogen-bond acceptors (Lipinski definition) is 3. The number of benzene rings is 1. The van der Waals surface area contributed by atoms with Crippen molar-refractivity contribution in [2.75, 3.05) is 18.9 Å². The molecule has 6 nitrogen and oxygen atoms in total. The fraction of sp³-hybridized carbons (Fsp3) is 0.294. The van der Waals surface area contributed by atoms with E-state index in [0.717, 1.165) is 21.8 Å². The third-order valence-electron chi connectivity index (χ3n) is 3.40. The third kappa shape index (κ3) is 5.27. The van der Waals surface area contributed by atoms with E-state index in [1.54, 1.807) is 12.3 Å². The minimum Gasteiger partial charge on any atom is -0.463 e. The maximum Gasteiger partial charge on any atom is 0.326 e. The minimum atomic E-state index is -0.521. The van der Waals surface area contributed by atoms with Crippen molar-refractivity contribution in [1.82, 2.24) is 5.32 Å². The van der Waals surface area contributed by atoms with Crippen LogP contribution in [0.4, 0.5) is 10.5 Å². The average Bonchev–Trinajstić information content (AvgIpc) is 2.94. The molecule has 0 radical (unpaired) electrons. The molecular formula is C17H22N3O3+. The minimum absolute atomic E-state index is 0.182. The van der Waals surface area contributed by atoms with Gasteiger partial charge in [-0.1, -0.05) is 17.7 Å². The molecule has 23 heavy (non-hydrogen) atoms. The molecule has 0 aliphatic carbocycles. The first-order valence-corrected chi connectivity index (χ1v) is 7.46. The van der Waals surface area contributed by atoms with Gasteiger partial charge in [0.1, 0.15) is 6.54 Å². The van der Waals surface area contributed by atoms with E-state index in [1.807, 2.05) is 45.2 Å². The molecule has 0 saturated heterocycles. The van der Waals surface area contributed by atoms with Gasteiger partial charge in [0.05, 0.1) is 13.3 Å². The Hall–Kier alpha value is -2.60. The first kappa shape index (κ1) is 16.8. The zero-order valence-electron chi connectivity index (χ0n) is 13.6. The number of carbonyl (C=O) groups is 2. The van der Waals surface area contributed by atoms with Gasteiger partial charge in [0.25, 0.3) is 5.91 Å². The molecule has 0 fully saturated rings. The summed E-state index contributed by atoms with van der Waals surface area (Å²) < 4.78 is 5.24. The van der Waals surface area contributed by atoms with Gasteiger partial charge in [-0.15, -0.1) is 0 Å². The number of urea groups is 1. The van der Waals surface area contributed by atoms with Gasteiger partial charge in [0.15, 0.2) is 12.3 Å². The molecule has 1 unspecified atom stereocenters. The third-order valence-corrected chi connectivity index (χ3v) is 3.40. The highest BCUT2D eigenvalue weighted by atomic mass is 16.3. The Morgan fingerprint density at radius 3 is 2.65 bits per heavy atom. The fourth-order valence-corrected chi connectivity index (χ4v) is 2.33. The summed E-state index contributed by atoms with van der Waals surface area (Å²) in [5, 5.41) is 5.03. The molecule has 1 aromatic carbocycles. The van der Waals surface area contributed by atoms with Gasteiger partial charge >= 0.3 is 6.03 Å². The lowest BCUT2D eigenvalue weighted by molar-refractivity contribution is -0.886. The quantitative estimate of drug-likeness (QED) is 0.777. The molecule has 0 aliphatic rings. The van der Waals surface area contributed by atoms with Crippen LogP contribution in [0.1, 0.15) is 16.9 Å². The molecule has 3 amide bonds. The first-order valence-electron chi connectivity index (χ1n) is 7.46. The zero-order chi connectivity index (χ0) is 16.8. The van der Waals surface area contributed by atoms with Crippen LogP contribution in [-0.2, 0) is 11.3 Å². The molecular weight excluding hydrogens is 294 g/mol. The van der Waals surface area contributed by atoms with Crippen molar-refractivity contribution >= 4 is 17.6 Å². The second-order valence-electron chi connectivity index (χ2n) is 5.71. The maximum atomic E-state index is 11.9. The van der Waals surface area contributed by atoms with Crippen LogP contribution in [0.5, 0.6) is 0 Å². The Kier molecular flexibility index (Phi) is 5.54. The van der Waals surface area contributed by atoms with Gasteiger partial charge in [-0.3, -0.25) is 10.1 Å². The van der Waals surface area contributed by atoms with Crippen molar-refractivity contribution in [3.8, 4) is 0 Å². The van der Waals surface area contributed by atoms with Crippen LogP contribution in [0.25, 0.3) is 0 Å².